The van der Waals surface area contributed by atoms with Crippen LogP contribution in [0.15, 0.2) is 29.6 Å². The molecule has 3 rings (SSSR count). The molecular weight excluding hydrogens is 302 g/mol. The molecule has 0 spiro atoms. The molecule has 112 valence electrons. The van der Waals surface area contributed by atoms with Crippen LogP contribution in [0.25, 0.3) is 0 Å². The topological polar surface area (TPSA) is 21.3 Å². The summed E-state index contributed by atoms with van der Waals surface area (Å²) in [5.41, 5.74) is 2.41. The van der Waals surface area contributed by atoms with Crippen LogP contribution in [0.4, 0.5) is 0 Å². The largest absolute Gasteiger partial charge is 0.493 e. The first kappa shape index (κ1) is 14.9. The monoisotopic (exact) mass is 321 g/mol. The van der Waals surface area contributed by atoms with Gasteiger partial charge in [0.15, 0.2) is 0 Å². The fourth-order valence-corrected chi connectivity index (χ4v) is 3.93. The molecule has 0 radical (unpaired) electrons. The Morgan fingerprint density at radius 1 is 1.43 bits per heavy atom. The van der Waals surface area contributed by atoms with Gasteiger partial charge in [0, 0.05) is 34.5 Å². The molecular formula is C17H20ClNOS. The first-order chi connectivity index (χ1) is 10.3. The summed E-state index contributed by atoms with van der Waals surface area (Å²) >= 11 is 8.04. The Bertz CT molecular complexity index is 597. The van der Waals surface area contributed by atoms with Gasteiger partial charge in [-0.15, -0.1) is 11.3 Å². The van der Waals surface area contributed by atoms with Gasteiger partial charge >= 0.3 is 0 Å². The van der Waals surface area contributed by atoms with Crippen molar-refractivity contribution in [3.05, 3.63) is 50.7 Å². The van der Waals surface area contributed by atoms with E-state index in [9.17, 15) is 0 Å². The maximum Gasteiger partial charge on any atom is 0.127 e. The smallest absolute Gasteiger partial charge is 0.127 e. The Morgan fingerprint density at radius 2 is 2.33 bits per heavy atom. The summed E-state index contributed by atoms with van der Waals surface area (Å²) in [5.74, 6) is 1.04. The third kappa shape index (κ3) is 3.42. The number of rotatable bonds is 6. The molecule has 1 N–H and O–H groups in total. The Kier molecular flexibility index (Phi) is 4.84. The van der Waals surface area contributed by atoms with E-state index in [0.29, 0.717) is 6.04 Å². The Balaban J connectivity index is 1.75. The van der Waals surface area contributed by atoms with E-state index in [4.69, 9.17) is 16.3 Å². The lowest BCUT2D eigenvalue weighted by Crippen LogP contribution is -2.20. The van der Waals surface area contributed by atoms with Gasteiger partial charge in [-0.2, -0.15) is 0 Å². The van der Waals surface area contributed by atoms with Crippen molar-refractivity contribution in [1.29, 1.82) is 0 Å². The molecule has 1 unspecified atom stereocenters. The molecule has 0 fully saturated rings. The van der Waals surface area contributed by atoms with Crippen molar-refractivity contribution < 1.29 is 4.74 Å². The van der Waals surface area contributed by atoms with Crippen molar-refractivity contribution in [2.75, 3.05) is 6.61 Å². The van der Waals surface area contributed by atoms with Crippen molar-refractivity contribution in [3.8, 4) is 5.75 Å². The van der Waals surface area contributed by atoms with Crippen LogP contribution < -0.4 is 10.1 Å². The molecule has 2 nitrogen and oxygen atoms in total. The highest BCUT2D eigenvalue weighted by Gasteiger charge is 2.19. The minimum atomic E-state index is 0.408. The van der Waals surface area contributed by atoms with Gasteiger partial charge in [0.05, 0.1) is 6.61 Å². The molecule has 0 saturated carbocycles. The number of nitrogens with one attached hydrogen (secondary N) is 1. The van der Waals surface area contributed by atoms with E-state index in [1.54, 1.807) is 0 Å². The zero-order valence-electron chi connectivity index (χ0n) is 12.2. The number of ether oxygens (including phenoxy) is 1. The second kappa shape index (κ2) is 6.82. The molecule has 0 amide bonds. The lowest BCUT2D eigenvalue weighted by atomic mass is 10.1. The zero-order chi connectivity index (χ0) is 14.7. The third-order valence-corrected chi connectivity index (χ3v) is 5.03. The van der Waals surface area contributed by atoms with Crippen LogP contribution in [0.2, 0.25) is 5.02 Å². The maximum atomic E-state index is 6.22. The number of hydrogen-bond acceptors (Lipinski definition) is 3. The van der Waals surface area contributed by atoms with Crippen LogP contribution in [0.5, 0.6) is 5.75 Å². The molecule has 1 aliphatic heterocycles. The van der Waals surface area contributed by atoms with Gasteiger partial charge in [-0.25, -0.2) is 0 Å². The summed E-state index contributed by atoms with van der Waals surface area (Å²) in [7, 11) is 0. The van der Waals surface area contributed by atoms with Gasteiger partial charge in [0.25, 0.3) is 0 Å². The van der Waals surface area contributed by atoms with E-state index in [2.05, 4.69) is 29.8 Å². The first-order valence-corrected chi connectivity index (χ1v) is 8.74. The molecule has 0 bridgehead atoms. The highest BCUT2D eigenvalue weighted by Crippen LogP contribution is 2.33. The third-order valence-electron chi connectivity index (χ3n) is 3.83. The molecule has 0 aliphatic carbocycles. The second-order valence-corrected chi connectivity index (χ2v) is 6.80. The predicted octanol–water partition coefficient (Wildman–Crippen LogP) is 4.97. The predicted molar refractivity (Wildman–Crippen MR) is 89.5 cm³/mol. The van der Waals surface area contributed by atoms with Crippen LogP contribution in [0.1, 0.15) is 41.8 Å². The fourth-order valence-electron chi connectivity index (χ4n) is 2.83. The fraction of sp³-hybridized carbons (Fsp3) is 0.412. The molecule has 2 aromatic rings. The van der Waals surface area contributed by atoms with Crippen molar-refractivity contribution in [2.24, 2.45) is 0 Å². The SMILES string of the molecule is CCCC(NCc1cc(Cl)cc2c1OCC2)c1cccs1. The Hall–Kier alpha value is -1.03. The summed E-state index contributed by atoms with van der Waals surface area (Å²) in [5, 5.41) is 6.61. The molecule has 1 aromatic heterocycles. The average molecular weight is 322 g/mol. The first-order valence-electron chi connectivity index (χ1n) is 7.49. The maximum absolute atomic E-state index is 6.22. The molecule has 4 heteroatoms. The molecule has 1 atom stereocenters. The van der Waals surface area contributed by atoms with E-state index in [1.165, 1.54) is 22.4 Å². The Morgan fingerprint density at radius 3 is 3.10 bits per heavy atom. The van der Waals surface area contributed by atoms with Gasteiger partial charge in [-0.3, -0.25) is 0 Å². The van der Waals surface area contributed by atoms with Crippen LogP contribution in [-0.4, -0.2) is 6.61 Å². The zero-order valence-corrected chi connectivity index (χ0v) is 13.8. The van der Waals surface area contributed by atoms with Gasteiger partial charge in [-0.05, 0) is 35.6 Å². The lowest BCUT2D eigenvalue weighted by molar-refractivity contribution is 0.351. The van der Waals surface area contributed by atoms with E-state index in [1.807, 2.05) is 23.5 Å². The van der Waals surface area contributed by atoms with Crippen LogP contribution in [0.3, 0.4) is 0 Å². The molecule has 1 aromatic carbocycles. The van der Waals surface area contributed by atoms with E-state index >= 15 is 0 Å². The summed E-state index contributed by atoms with van der Waals surface area (Å²) in [6, 6.07) is 8.78. The summed E-state index contributed by atoms with van der Waals surface area (Å²) in [6.45, 7) is 3.79. The number of hydrogen-bond donors (Lipinski definition) is 1. The second-order valence-electron chi connectivity index (χ2n) is 5.39. The number of benzene rings is 1. The number of halogens is 1. The normalized spacial score (nSPS) is 14.8. The molecule has 1 aliphatic rings. The van der Waals surface area contributed by atoms with Crippen molar-refractivity contribution in [1.82, 2.24) is 5.32 Å². The minimum absolute atomic E-state index is 0.408. The molecule has 2 heterocycles. The van der Waals surface area contributed by atoms with Crippen LogP contribution >= 0.6 is 22.9 Å². The number of thiophene rings is 1. The van der Waals surface area contributed by atoms with Crippen LogP contribution in [-0.2, 0) is 13.0 Å². The van der Waals surface area contributed by atoms with Crippen molar-refractivity contribution in [3.63, 3.8) is 0 Å². The quantitative estimate of drug-likeness (QED) is 0.811. The van der Waals surface area contributed by atoms with Gasteiger partial charge in [-0.1, -0.05) is 31.0 Å². The highest BCUT2D eigenvalue weighted by atomic mass is 35.5. The average Bonchev–Trinajstić information content (AvgIpc) is 3.13. The minimum Gasteiger partial charge on any atom is -0.493 e. The van der Waals surface area contributed by atoms with E-state index in [-0.39, 0.29) is 0 Å². The molecule has 0 saturated heterocycles. The van der Waals surface area contributed by atoms with Gasteiger partial charge in [0.1, 0.15) is 5.75 Å². The Labute approximate surface area is 135 Å². The van der Waals surface area contributed by atoms with E-state index in [0.717, 1.165) is 36.8 Å². The van der Waals surface area contributed by atoms with E-state index < -0.39 is 0 Å². The number of fused-ring (bicyclic) bond motifs is 1. The van der Waals surface area contributed by atoms with Crippen molar-refractivity contribution >= 4 is 22.9 Å². The van der Waals surface area contributed by atoms with Gasteiger partial charge in [0.2, 0.25) is 0 Å². The van der Waals surface area contributed by atoms with Gasteiger partial charge < -0.3 is 10.1 Å². The van der Waals surface area contributed by atoms with Crippen LogP contribution in [0, 0.1) is 0 Å². The lowest BCUT2D eigenvalue weighted by Gasteiger charge is -2.18. The summed E-state index contributed by atoms with van der Waals surface area (Å²) in [6.07, 6.45) is 3.27. The van der Waals surface area contributed by atoms with Crippen molar-refractivity contribution in [2.45, 2.75) is 38.8 Å². The molecule has 21 heavy (non-hydrogen) atoms. The summed E-state index contributed by atoms with van der Waals surface area (Å²) in [4.78, 5) is 1.40. The summed E-state index contributed by atoms with van der Waals surface area (Å²) < 4.78 is 5.77. The standard InChI is InChI=1S/C17H20ClNOS/c1-2-4-15(16-5-3-8-21-16)19-11-13-10-14(18)9-12-6-7-20-17(12)13/h3,5,8-10,15,19H,2,4,6-7,11H2,1H3. The highest BCUT2D eigenvalue weighted by molar-refractivity contribution is 7.10.